The van der Waals surface area contributed by atoms with Crippen molar-refractivity contribution in [1.82, 2.24) is 24.9 Å². The second-order valence-electron chi connectivity index (χ2n) is 7.40. The lowest BCUT2D eigenvalue weighted by Crippen LogP contribution is -2.02. The summed E-state index contributed by atoms with van der Waals surface area (Å²) in [5.74, 6) is 2.35. The van der Waals surface area contributed by atoms with Crippen molar-refractivity contribution in [2.24, 2.45) is 0 Å². The van der Waals surface area contributed by atoms with Gasteiger partial charge in [-0.3, -0.25) is 0 Å². The molecular weight excluding hydrogens is 365 g/mol. The molecule has 8 heteroatoms. The number of hydrogen-bond acceptors (Lipinski definition) is 6. The Morgan fingerprint density at radius 3 is 2.74 bits per heavy atom. The van der Waals surface area contributed by atoms with Crippen LogP contribution in [0.1, 0.15) is 67.1 Å². The van der Waals surface area contributed by atoms with Crippen LogP contribution in [0.3, 0.4) is 0 Å². The lowest BCUT2D eigenvalue weighted by Gasteiger charge is -2.10. The molecule has 2 aliphatic carbocycles. The number of hydrogen-bond donors (Lipinski definition) is 0. The van der Waals surface area contributed by atoms with E-state index in [1.165, 1.54) is 31.7 Å². The summed E-state index contributed by atoms with van der Waals surface area (Å²) in [5, 5.41) is 13.8. The third kappa shape index (κ3) is 3.26. The molecule has 0 N–H and O–H groups in total. The summed E-state index contributed by atoms with van der Waals surface area (Å²) in [7, 11) is 0. The number of halogens is 1. The van der Waals surface area contributed by atoms with Gasteiger partial charge in [-0.05, 0) is 51.2 Å². The molecule has 0 spiro atoms. The van der Waals surface area contributed by atoms with Crippen LogP contribution >= 0.6 is 11.8 Å². The standard InChI is InChI=1S/C19H20FN5OS/c1-10-3-4-13(9-15(10)20)16-21-18(26-24-16)11(2)27-19-23-22-17(12-5-6-12)25(19)14-7-8-14/h3-4,9,11-12,14H,5-8H2,1-2H3. The largest absolute Gasteiger partial charge is 0.338 e. The maximum atomic E-state index is 13.8. The fraction of sp³-hybridized carbons (Fsp3) is 0.474. The van der Waals surface area contributed by atoms with Gasteiger partial charge in [0.15, 0.2) is 5.16 Å². The summed E-state index contributed by atoms with van der Waals surface area (Å²) >= 11 is 1.59. The van der Waals surface area contributed by atoms with Crippen molar-refractivity contribution in [2.45, 2.75) is 61.9 Å². The first kappa shape index (κ1) is 16.9. The van der Waals surface area contributed by atoms with Gasteiger partial charge in [0.1, 0.15) is 11.6 Å². The molecule has 2 fully saturated rings. The smallest absolute Gasteiger partial charge is 0.240 e. The van der Waals surface area contributed by atoms with E-state index >= 15 is 0 Å². The first-order chi connectivity index (χ1) is 13.1. The molecule has 140 valence electrons. The third-order valence-corrected chi connectivity index (χ3v) is 6.09. The van der Waals surface area contributed by atoms with Crippen LogP contribution in [-0.2, 0) is 0 Å². The molecule has 2 saturated carbocycles. The van der Waals surface area contributed by atoms with E-state index in [4.69, 9.17) is 4.52 Å². The van der Waals surface area contributed by atoms with Crippen LogP contribution in [0.15, 0.2) is 27.9 Å². The number of aryl methyl sites for hydroxylation is 1. The Morgan fingerprint density at radius 2 is 2.04 bits per heavy atom. The van der Waals surface area contributed by atoms with Crippen molar-refractivity contribution >= 4 is 11.8 Å². The summed E-state index contributed by atoms with van der Waals surface area (Å²) in [6.45, 7) is 3.74. The molecule has 27 heavy (non-hydrogen) atoms. The summed E-state index contributed by atoms with van der Waals surface area (Å²) in [5.41, 5.74) is 1.21. The molecule has 1 atom stereocenters. The van der Waals surface area contributed by atoms with Gasteiger partial charge < -0.3 is 9.09 Å². The van der Waals surface area contributed by atoms with Gasteiger partial charge in [-0.1, -0.05) is 29.1 Å². The Kier molecular flexibility index (Phi) is 4.03. The van der Waals surface area contributed by atoms with Crippen molar-refractivity contribution in [1.29, 1.82) is 0 Å². The van der Waals surface area contributed by atoms with Crippen LogP contribution < -0.4 is 0 Å². The van der Waals surface area contributed by atoms with E-state index in [-0.39, 0.29) is 11.1 Å². The second kappa shape index (κ2) is 6.44. The average Bonchev–Trinajstić information content (AvgIpc) is 3.59. The predicted octanol–water partition coefficient (Wildman–Crippen LogP) is 4.84. The quantitative estimate of drug-likeness (QED) is 0.566. The van der Waals surface area contributed by atoms with E-state index in [2.05, 4.69) is 24.9 Å². The Morgan fingerprint density at radius 1 is 1.22 bits per heavy atom. The average molecular weight is 385 g/mol. The highest BCUT2D eigenvalue weighted by Crippen LogP contribution is 2.47. The molecule has 2 heterocycles. The molecule has 1 aromatic carbocycles. The van der Waals surface area contributed by atoms with E-state index in [0.717, 1.165) is 11.0 Å². The van der Waals surface area contributed by atoms with Gasteiger partial charge in [0, 0.05) is 17.5 Å². The zero-order valence-electron chi connectivity index (χ0n) is 15.2. The molecule has 0 aliphatic heterocycles. The highest BCUT2D eigenvalue weighted by molar-refractivity contribution is 7.99. The maximum Gasteiger partial charge on any atom is 0.240 e. The molecule has 5 rings (SSSR count). The van der Waals surface area contributed by atoms with Crippen LogP contribution in [0.2, 0.25) is 0 Å². The number of nitrogens with zero attached hydrogens (tertiary/aromatic N) is 5. The second-order valence-corrected chi connectivity index (χ2v) is 8.70. The zero-order chi connectivity index (χ0) is 18.5. The molecule has 6 nitrogen and oxygen atoms in total. The van der Waals surface area contributed by atoms with Crippen molar-refractivity contribution in [3.8, 4) is 11.4 Å². The van der Waals surface area contributed by atoms with Gasteiger partial charge in [-0.2, -0.15) is 4.98 Å². The lowest BCUT2D eigenvalue weighted by atomic mass is 10.1. The van der Waals surface area contributed by atoms with Gasteiger partial charge >= 0.3 is 0 Å². The molecule has 2 aromatic heterocycles. The van der Waals surface area contributed by atoms with Crippen LogP contribution in [0.5, 0.6) is 0 Å². The number of aromatic nitrogens is 5. The summed E-state index contributed by atoms with van der Waals surface area (Å²) in [6.07, 6.45) is 4.82. The molecule has 1 unspecified atom stereocenters. The minimum Gasteiger partial charge on any atom is -0.338 e. The minimum absolute atomic E-state index is 0.0599. The van der Waals surface area contributed by atoms with Gasteiger partial charge in [0.05, 0.1) is 5.25 Å². The normalized spacial score (nSPS) is 18.0. The Hall–Kier alpha value is -2.22. The Labute approximate surface area is 160 Å². The Bertz CT molecular complexity index is 992. The van der Waals surface area contributed by atoms with E-state index in [0.29, 0.717) is 34.8 Å². The van der Waals surface area contributed by atoms with E-state index < -0.39 is 0 Å². The molecular formula is C19H20FN5OS. The monoisotopic (exact) mass is 385 g/mol. The maximum absolute atomic E-state index is 13.8. The minimum atomic E-state index is -0.272. The van der Waals surface area contributed by atoms with Gasteiger partial charge in [0.25, 0.3) is 0 Å². The van der Waals surface area contributed by atoms with E-state index in [1.54, 1.807) is 30.8 Å². The van der Waals surface area contributed by atoms with E-state index in [1.807, 2.05) is 6.92 Å². The van der Waals surface area contributed by atoms with Crippen LogP contribution in [-0.4, -0.2) is 24.9 Å². The van der Waals surface area contributed by atoms with Gasteiger partial charge in [-0.15, -0.1) is 10.2 Å². The first-order valence-corrected chi connectivity index (χ1v) is 10.2. The van der Waals surface area contributed by atoms with Gasteiger partial charge in [0.2, 0.25) is 11.7 Å². The summed E-state index contributed by atoms with van der Waals surface area (Å²) < 4.78 is 21.6. The van der Waals surface area contributed by atoms with Crippen LogP contribution in [0.4, 0.5) is 4.39 Å². The fourth-order valence-corrected chi connectivity index (χ4v) is 4.08. The topological polar surface area (TPSA) is 69.6 Å². The third-order valence-electron chi connectivity index (χ3n) is 5.05. The lowest BCUT2D eigenvalue weighted by molar-refractivity contribution is 0.380. The molecule has 3 aromatic rings. The van der Waals surface area contributed by atoms with Crippen molar-refractivity contribution in [3.05, 3.63) is 41.3 Å². The van der Waals surface area contributed by atoms with Crippen molar-refractivity contribution < 1.29 is 8.91 Å². The zero-order valence-corrected chi connectivity index (χ0v) is 16.0. The molecule has 0 saturated heterocycles. The highest BCUT2D eigenvalue weighted by Gasteiger charge is 2.37. The number of thioether (sulfide) groups is 1. The van der Waals surface area contributed by atoms with E-state index in [9.17, 15) is 4.39 Å². The molecule has 0 bridgehead atoms. The first-order valence-electron chi connectivity index (χ1n) is 9.31. The number of benzene rings is 1. The summed E-state index contributed by atoms with van der Waals surface area (Å²) in [6, 6.07) is 5.50. The SMILES string of the molecule is Cc1ccc(-c2noc(C(C)Sc3nnc(C4CC4)n3C3CC3)n2)cc1F. The Balaban J connectivity index is 1.37. The van der Waals surface area contributed by atoms with Crippen molar-refractivity contribution in [2.75, 3.05) is 0 Å². The molecule has 0 radical (unpaired) electrons. The van der Waals surface area contributed by atoms with Crippen molar-refractivity contribution in [3.63, 3.8) is 0 Å². The van der Waals surface area contributed by atoms with Crippen LogP contribution in [0, 0.1) is 12.7 Å². The number of rotatable bonds is 6. The molecule has 0 amide bonds. The highest BCUT2D eigenvalue weighted by atomic mass is 32.2. The van der Waals surface area contributed by atoms with Crippen LogP contribution in [0.25, 0.3) is 11.4 Å². The summed E-state index contributed by atoms with van der Waals surface area (Å²) in [4.78, 5) is 4.47. The molecule has 2 aliphatic rings. The fourth-order valence-electron chi connectivity index (χ4n) is 3.12. The predicted molar refractivity (Wildman–Crippen MR) is 99.0 cm³/mol. The van der Waals surface area contributed by atoms with Gasteiger partial charge in [-0.25, -0.2) is 4.39 Å².